The van der Waals surface area contributed by atoms with Crippen molar-refractivity contribution in [2.75, 3.05) is 13.7 Å². The molecule has 1 aromatic carbocycles. The van der Waals surface area contributed by atoms with Crippen LogP contribution in [-0.2, 0) is 6.54 Å². The van der Waals surface area contributed by atoms with Crippen molar-refractivity contribution < 1.29 is 13.9 Å². The summed E-state index contributed by atoms with van der Waals surface area (Å²) >= 11 is 0. The van der Waals surface area contributed by atoms with Crippen molar-refractivity contribution in [2.24, 2.45) is 0 Å². The third kappa shape index (κ3) is 3.74. The highest BCUT2D eigenvalue weighted by molar-refractivity contribution is 5.43. The summed E-state index contributed by atoms with van der Waals surface area (Å²) in [7, 11) is 1.61. The van der Waals surface area contributed by atoms with Crippen LogP contribution in [0.25, 0.3) is 0 Å². The van der Waals surface area contributed by atoms with Gasteiger partial charge in [-0.2, -0.15) is 4.98 Å². The van der Waals surface area contributed by atoms with Crippen LogP contribution in [0.4, 0.5) is 0 Å². The maximum absolute atomic E-state index is 5.61. The maximum atomic E-state index is 5.61. The molecule has 20 heavy (non-hydrogen) atoms. The lowest BCUT2D eigenvalue weighted by Gasteiger charge is -2.07. The average Bonchev–Trinajstić information content (AvgIpc) is 2.89. The van der Waals surface area contributed by atoms with Gasteiger partial charge < -0.3 is 19.2 Å². The van der Waals surface area contributed by atoms with Gasteiger partial charge in [0, 0.05) is 6.54 Å². The van der Waals surface area contributed by atoms with Crippen molar-refractivity contribution in [3.8, 4) is 17.6 Å². The molecule has 2 aromatic rings. The van der Waals surface area contributed by atoms with E-state index in [1.165, 1.54) is 0 Å². The molecule has 0 aliphatic heterocycles. The molecule has 1 aromatic heterocycles. The number of aromatic nitrogens is 1. The van der Waals surface area contributed by atoms with Crippen molar-refractivity contribution >= 4 is 0 Å². The molecule has 2 rings (SSSR count). The number of oxazole rings is 1. The van der Waals surface area contributed by atoms with Crippen LogP contribution in [0.1, 0.15) is 24.6 Å². The van der Waals surface area contributed by atoms with E-state index in [0.717, 1.165) is 24.2 Å². The van der Waals surface area contributed by atoms with Crippen LogP contribution in [0, 0.1) is 6.92 Å². The van der Waals surface area contributed by atoms with Gasteiger partial charge in [0.2, 0.25) is 0 Å². The van der Waals surface area contributed by atoms with E-state index in [-0.39, 0.29) is 6.08 Å². The Kier molecular flexibility index (Phi) is 5.01. The molecule has 0 spiro atoms. The molecule has 0 atom stereocenters. The number of nitrogens with one attached hydrogen (secondary N) is 1. The van der Waals surface area contributed by atoms with Crippen molar-refractivity contribution in [1.29, 1.82) is 0 Å². The molecule has 0 bridgehead atoms. The lowest BCUT2D eigenvalue weighted by Crippen LogP contribution is -2.13. The van der Waals surface area contributed by atoms with Crippen molar-refractivity contribution in [1.82, 2.24) is 10.3 Å². The highest BCUT2D eigenvalue weighted by atomic mass is 16.6. The summed E-state index contributed by atoms with van der Waals surface area (Å²) < 4.78 is 16.2. The predicted molar refractivity (Wildman–Crippen MR) is 76.3 cm³/mol. The normalized spacial score (nSPS) is 10.6. The first-order chi connectivity index (χ1) is 9.72. The van der Waals surface area contributed by atoms with Crippen LogP contribution in [0.15, 0.2) is 28.9 Å². The van der Waals surface area contributed by atoms with Gasteiger partial charge in [0.15, 0.2) is 11.5 Å². The summed E-state index contributed by atoms with van der Waals surface area (Å²) in [6.07, 6.45) is 2.90. The zero-order valence-electron chi connectivity index (χ0n) is 12.1. The van der Waals surface area contributed by atoms with E-state index < -0.39 is 0 Å². The number of rotatable bonds is 7. The summed E-state index contributed by atoms with van der Waals surface area (Å²) in [6.45, 7) is 5.74. The second-order valence-electron chi connectivity index (χ2n) is 4.54. The summed E-state index contributed by atoms with van der Waals surface area (Å²) in [5.41, 5.74) is 1.92. The van der Waals surface area contributed by atoms with E-state index in [4.69, 9.17) is 13.9 Å². The number of hydrogen-bond donors (Lipinski definition) is 1. The van der Waals surface area contributed by atoms with Crippen molar-refractivity contribution in [3.05, 3.63) is 35.7 Å². The van der Waals surface area contributed by atoms with Gasteiger partial charge in [-0.05, 0) is 37.6 Å². The minimum atomic E-state index is 0.223. The summed E-state index contributed by atoms with van der Waals surface area (Å²) in [5.74, 6) is 1.25. The summed E-state index contributed by atoms with van der Waals surface area (Å²) in [6, 6.07) is 5.69. The first kappa shape index (κ1) is 14.4. The molecule has 5 heteroatoms. The number of benzene rings is 1. The molecule has 0 saturated carbocycles. The molecular formula is C15H20N2O3. The second-order valence-corrected chi connectivity index (χ2v) is 4.54. The van der Waals surface area contributed by atoms with Gasteiger partial charge in [-0.1, -0.05) is 13.0 Å². The van der Waals surface area contributed by atoms with Crippen LogP contribution in [0.2, 0.25) is 0 Å². The van der Waals surface area contributed by atoms with Gasteiger partial charge in [0.05, 0.1) is 12.8 Å². The van der Waals surface area contributed by atoms with E-state index in [2.05, 4.69) is 17.2 Å². The first-order valence-electron chi connectivity index (χ1n) is 6.70. The minimum Gasteiger partial charge on any atom is -0.493 e. The number of methoxy groups -OCH3 is 1. The third-order valence-electron chi connectivity index (χ3n) is 2.78. The maximum Gasteiger partial charge on any atom is 0.399 e. The van der Waals surface area contributed by atoms with E-state index in [9.17, 15) is 0 Å². The molecule has 0 saturated heterocycles. The molecule has 0 radical (unpaired) electrons. The lowest BCUT2D eigenvalue weighted by atomic mass is 10.2. The van der Waals surface area contributed by atoms with E-state index in [0.29, 0.717) is 18.0 Å². The highest BCUT2D eigenvalue weighted by Crippen LogP contribution is 2.31. The lowest BCUT2D eigenvalue weighted by molar-refractivity contribution is 0.310. The molecule has 5 nitrogen and oxygen atoms in total. The largest absolute Gasteiger partial charge is 0.493 e. The molecule has 108 valence electrons. The zero-order valence-corrected chi connectivity index (χ0v) is 12.1. The van der Waals surface area contributed by atoms with Crippen molar-refractivity contribution in [2.45, 2.75) is 26.8 Å². The number of hydrogen-bond acceptors (Lipinski definition) is 5. The standard InChI is InChI=1S/C15H20N2O3/c1-4-7-16-9-12-10-19-15(17-12)20-13-6-5-11(2)8-14(13)18-3/h5-6,8,10,16H,4,7,9H2,1-3H3. The Hall–Kier alpha value is -2.01. The molecule has 0 fully saturated rings. The molecule has 0 amide bonds. The number of ether oxygens (including phenoxy) is 2. The van der Waals surface area contributed by atoms with Gasteiger partial charge in [-0.3, -0.25) is 0 Å². The van der Waals surface area contributed by atoms with Gasteiger partial charge in [0.25, 0.3) is 0 Å². The predicted octanol–water partition coefficient (Wildman–Crippen LogP) is 3.28. The Morgan fingerprint density at radius 3 is 2.90 bits per heavy atom. The molecule has 0 unspecified atom stereocenters. The van der Waals surface area contributed by atoms with E-state index in [1.54, 1.807) is 13.4 Å². The molecule has 1 heterocycles. The Morgan fingerprint density at radius 2 is 2.15 bits per heavy atom. The topological polar surface area (TPSA) is 56.5 Å². The smallest absolute Gasteiger partial charge is 0.399 e. The van der Waals surface area contributed by atoms with Crippen LogP contribution >= 0.6 is 0 Å². The first-order valence-corrected chi connectivity index (χ1v) is 6.70. The summed E-state index contributed by atoms with van der Waals surface area (Å²) in [4.78, 5) is 4.27. The molecule has 1 N–H and O–H groups in total. The van der Waals surface area contributed by atoms with Gasteiger partial charge in [-0.25, -0.2) is 0 Å². The fourth-order valence-electron chi connectivity index (χ4n) is 1.76. The Labute approximate surface area is 118 Å². The van der Waals surface area contributed by atoms with Crippen LogP contribution < -0.4 is 14.8 Å². The van der Waals surface area contributed by atoms with Crippen LogP contribution in [-0.4, -0.2) is 18.6 Å². The quantitative estimate of drug-likeness (QED) is 0.786. The molecular weight excluding hydrogens is 256 g/mol. The van der Waals surface area contributed by atoms with Gasteiger partial charge >= 0.3 is 6.08 Å². The fourth-order valence-corrected chi connectivity index (χ4v) is 1.76. The fraction of sp³-hybridized carbons (Fsp3) is 0.400. The molecule has 0 aliphatic carbocycles. The van der Waals surface area contributed by atoms with Gasteiger partial charge in [0.1, 0.15) is 6.26 Å². The average molecular weight is 276 g/mol. The zero-order chi connectivity index (χ0) is 14.4. The highest BCUT2D eigenvalue weighted by Gasteiger charge is 2.10. The van der Waals surface area contributed by atoms with Crippen LogP contribution in [0.3, 0.4) is 0 Å². The number of aryl methyl sites for hydroxylation is 1. The van der Waals surface area contributed by atoms with E-state index >= 15 is 0 Å². The number of nitrogens with zero attached hydrogens (tertiary/aromatic N) is 1. The third-order valence-corrected chi connectivity index (χ3v) is 2.78. The van der Waals surface area contributed by atoms with Crippen molar-refractivity contribution in [3.63, 3.8) is 0 Å². The second kappa shape index (κ2) is 6.96. The SMILES string of the molecule is CCCNCc1coc(Oc2ccc(C)cc2OC)n1. The Bertz CT molecular complexity index is 552. The van der Waals surface area contributed by atoms with E-state index in [1.807, 2.05) is 25.1 Å². The van der Waals surface area contributed by atoms with Gasteiger partial charge in [-0.15, -0.1) is 0 Å². The van der Waals surface area contributed by atoms with Crippen LogP contribution in [0.5, 0.6) is 17.6 Å². The monoisotopic (exact) mass is 276 g/mol. The Balaban J connectivity index is 2.03. The minimum absolute atomic E-state index is 0.223. The molecule has 0 aliphatic rings. The summed E-state index contributed by atoms with van der Waals surface area (Å²) in [5, 5.41) is 3.26. The Morgan fingerprint density at radius 1 is 1.30 bits per heavy atom.